The Morgan fingerprint density at radius 1 is 1.30 bits per heavy atom. The van der Waals surface area contributed by atoms with Gasteiger partial charge in [-0.2, -0.15) is 0 Å². The standard InChI is InChI=1S/C17H26N2O3.C6H9N3OS/c1-19-9-7-14(8-10-19)12-18-16(17(20)21)11-13-3-5-15(22-2)6-4-13;1-4(7)6(10)9-5-2-11-3-8-5/h3-6,14,16,18H,7-12H2,1-2H3,(H,20,21);2-4H,7H2,1H3,(H,9,10)/t16-;4-/m00/s1. The fourth-order valence-corrected chi connectivity index (χ4v) is 3.82. The highest BCUT2D eigenvalue weighted by atomic mass is 32.1. The van der Waals surface area contributed by atoms with Crippen molar-refractivity contribution in [1.82, 2.24) is 15.2 Å². The number of piperidine rings is 1. The lowest BCUT2D eigenvalue weighted by Crippen LogP contribution is -2.43. The molecule has 0 radical (unpaired) electrons. The first-order chi connectivity index (χ1) is 15.8. The quantitative estimate of drug-likeness (QED) is 0.432. The van der Waals surface area contributed by atoms with Crippen molar-refractivity contribution < 1.29 is 19.4 Å². The van der Waals surface area contributed by atoms with Gasteiger partial charge in [0.15, 0.2) is 0 Å². The zero-order chi connectivity index (χ0) is 24.2. The maximum Gasteiger partial charge on any atom is 0.321 e. The van der Waals surface area contributed by atoms with Gasteiger partial charge >= 0.3 is 5.97 Å². The largest absolute Gasteiger partial charge is 0.497 e. The van der Waals surface area contributed by atoms with Crippen molar-refractivity contribution >= 4 is 29.0 Å². The number of aliphatic carboxylic acids is 1. The van der Waals surface area contributed by atoms with E-state index in [1.54, 1.807) is 24.9 Å². The summed E-state index contributed by atoms with van der Waals surface area (Å²) in [6.07, 6.45) is 2.77. The number of amides is 1. The van der Waals surface area contributed by atoms with Crippen LogP contribution in [0.5, 0.6) is 5.75 Å². The van der Waals surface area contributed by atoms with Crippen molar-refractivity contribution in [2.24, 2.45) is 11.7 Å². The number of carbonyl (C=O) groups is 2. The summed E-state index contributed by atoms with van der Waals surface area (Å²) >= 11 is 1.43. The summed E-state index contributed by atoms with van der Waals surface area (Å²) < 4.78 is 5.12. The molecule has 1 fully saturated rings. The molecule has 2 heterocycles. The number of benzene rings is 1. The number of aromatic nitrogens is 1. The van der Waals surface area contributed by atoms with Crippen LogP contribution in [-0.4, -0.2) is 72.7 Å². The molecule has 1 aromatic carbocycles. The Kier molecular flexibility index (Phi) is 11.2. The summed E-state index contributed by atoms with van der Waals surface area (Å²) in [6, 6.07) is 6.55. The predicted octanol–water partition coefficient (Wildman–Crippen LogP) is 2.05. The molecule has 1 aromatic heterocycles. The Bertz CT molecular complexity index is 837. The van der Waals surface area contributed by atoms with Crippen LogP contribution in [0.25, 0.3) is 0 Å². The Hall–Kier alpha value is -2.53. The lowest BCUT2D eigenvalue weighted by Gasteiger charge is -2.29. The molecule has 182 valence electrons. The third-order valence-electron chi connectivity index (χ3n) is 5.49. The molecule has 10 heteroatoms. The van der Waals surface area contributed by atoms with E-state index < -0.39 is 18.1 Å². The third-order valence-corrected chi connectivity index (χ3v) is 6.07. The molecule has 33 heavy (non-hydrogen) atoms. The Morgan fingerprint density at radius 3 is 2.48 bits per heavy atom. The lowest BCUT2D eigenvalue weighted by atomic mass is 9.96. The highest BCUT2D eigenvalue weighted by Gasteiger charge is 2.21. The molecule has 0 aliphatic carbocycles. The fourth-order valence-electron chi connectivity index (χ4n) is 3.33. The maximum atomic E-state index is 11.5. The van der Waals surface area contributed by atoms with Crippen LogP contribution in [0.1, 0.15) is 25.3 Å². The molecule has 0 spiro atoms. The number of carboxylic acid groups (broad SMARTS) is 1. The molecule has 1 amide bonds. The summed E-state index contributed by atoms with van der Waals surface area (Å²) in [5.41, 5.74) is 7.97. The zero-order valence-corrected chi connectivity index (χ0v) is 20.3. The number of hydrogen-bond donors (Lipinski definition) is 4. The third kappa shape index (κ3) is 9.87. The number of anilines is 1. The van der Waals surface area contributed by atoms with Crippen LogP contribution in [-0.2, 0) is 16.0 Å². The Balaban J connectivity index is 0.000000294. The van der Waals surface area contributed by atoms with Crippen LogP contribution in [0.2, 0.25) is 0 Å². The maximum absolute atomic E-state index is 11.5. The number of hydrogen-bond acceptors (Lipinski definition) is 8. The second kappa shape index (κ2) is 13.9. The number of rotatable bonds is 9. The van der Waals surface area contributed by atoms with E-state index >= 15 is 0 Å². The normalized spacial score (nSPS) is 16.2. The minimum Gasteiger partial charge on any atom is -0.497 e. The summed E-state index contributed by atoms with van der Waals surface area (Å²) in [6.45, 7) is 4.60. The molecule has 0 saturated carbocycles. The molecule has 1 aliphatic heterocycles. The van der Waals surface area contributed by atoms with E-state index in [2.05, 4.69) is 27.6 Å². The number of methoxy groups -OCH3 is 1. The van der Waals surface area contributed by atoms with Crippen LogP contribution >= 0.6 is 11.3 Å². The van der Waals surface area contributed by atoms with Gasteiger partial charge in [-0.05, 0) is 76.5 Å². The Morgan fingerprint density at radius 2 is 1.97 bits per heavy atom. The minimum atomic E-state index is -0.788. The molecule has 9 nitrogen and oxygen atoms in total. The van der Waals surface area contributed by atoms with E-state index in [0.717, 1.165) is 43.8 Å². The van der Waals surface area contributed by atoms with E-state index in [4.69, 9.17) is 10.5 Å². The molecule has 0 bridgehead atoms. The average Bonchev–Trinajstić information content (AvgIpc) is 3.31. The van der Waals surface area contributed by atoms with E-state index in [1.807, 2.05) is 24.3 Å². The van der Waals surface area contributed by atoms with Crippen molar-refractivity contribution in [3.05, 3.63) is 40.7 Å². The van der Waals surface area contributed by atoms with Crippen molar-refractivity contribution in [3.63, 3.8) is 0 Å². The first-order valence-electron chi connectivity index (χ1n) is 11.0. The van der Waals surface area contributed by atoms with Crippen LogP contribution in [0.4, 0.5) is 5.82 Å². The van der Waals surface area contributed by atoms with Crippen LogP contribution in [0, 0.1) is 5.92 Å². The number of carboxylic acids is 1. The summed E-state index contributed by atoms with van der Waals surface area (Å²) in [4.78, 5) is 28.6. The molecular formula is C23H35N5O4S. The van der Waals surface area contributed by atoms with Gasteiger partial charge in [0.05, 0.1) is 18.7 Å². The number of nitrogens with zero attached hydrogens (tertiary/aromatic N) is 2. The molecule has 0 unspecified atom stereocenters. The molecule has 2 atom stereocenters. The number of ether oxygens (including phenoxy) is 1. The van der Waals surface area contributed by atoms with E-state index in [0.29, 0.717) is 18.2 Å². The first kappa shape index (κ1) is 26.7. The second-order valence-corrected chi connectivity index (χ2v) is 8.97. The SMILES string of the molecule is COc1ccc(C[C@H](NCC2CCN(C)CC2)C(=O)O)cc1.C[C@H](N)C(=O)Nc1cscn1. The van der Waals surface area contributed by atoms with Gasteiger partial charge in [0.25, 0.3) is 0 Å². The number of likely N-dealkylation sites (tertiary alicyclic amines) is 1. The number of thiazole rings is 1. The van der Waals surface area contributed by atoms with Gasteiger partial charge in [0, 0.05) is 5.38 Å². The van der Waals surface area contributed by atoms with Gasteiger partial charge in [-0.25, -0.2) is 4.98 Å². The highest BCUT2D eigenvalue weighted by Crippen LogP contribution is 2.16. The molecular weight excluding hydrogens is 442 g/mol. The first-order valence-corrected chi connectivity index (χ1v) is 11.9. The summed E-state index contributed by atoms with van der Waals surface area (Å²) in [7, 11) is 3.76. The average molecular weight is 478 g/mol. The van der Waals surface area contributed by atoms with E-state index in [1.165, 1.54) is 11.3 Å². The molecule has 3 rings (SSSR count). The van der Waals surface area contributed by atoms with Gasteiger partial charge in [-0.3, -0.25) is 9.59 Å². The fraction of sp³-hybridized carbons (Fsp3) is 0.522. The zero-order valence-electron chi connectivity index (χ0n) is 19.5. The summed E-state index contributed by atoms with van der Waals surface area (Å²) in [5.74, 6) is 0.931. The Labute approximate surface area is 199 Å². The summed E-state index contributed by atoms with van der Waals surface area (Å²) in [5, 5.41) is 16.9. The van der Waals surface area contributed by atoms with Gasteiger partial charge in [-0.15, -0.1) is 11.3 Å². The van der Waals surface area contributed by atoms with Gasteiger partial charge in [0.2, 0.25) is 5.91 Å². The molecule has 1 saturated heterocycles. The number of nitrogens with one attached hydrogen (secondary N) is 2. The van der Waals surface area contributed by atoms with Gasteiger partial charge in [0.1, 0.15) is 17.6 Å². The van der Waals surface area contributed by atoms with Crippen molar-refractivity contribution in [1.29, 1.82) is 0 Å². The van der Waals surface area contributed by atoms with Crippen molar-refractivity contribution in [2.75, 3.05) is 39.1 Å². The lowest BCUT2D eigenvalue weighted by molar-refractivity contribution is -0.139. The monoisotopic (exact) mass is 477 g/mol. The number of carbonyl (C=O) groups excluding carboxylic acids is 1. The van der Waals surface area contributed by atoms with Crippen LogP contribution < -0.4 is 21.1 Å². The van der Waals surface area contributed by atoms with Gasteiger partial charge in [-0.1, -0.05) is 12.1 Å². The highest BCUT2D eigenvalue weighted by molar-refractivity contribution is 7.07. The molecule has 1 aliphatic rings. The van der Waals surface area contributed by atoms with Gasteiger partial charge < -0.3 is 31.1 Å². The van der Waals surface area contributed by atoms with Crippen molar-refractivity contribution in [3.8, 4) is 5.75 Å². The predicted molar refractivity (Wildman–Crippen MR) is 131 cm³/mol. The van der Waals surface area contributed by atoms with E-state index in [-0.39, 0.29) is 5.91 Å². The molecule has 5 N–H and O–H groups in total. The smallest absolute Gasteiger partial charge is 0.321 e. The van der Waals surface area contributed by atoms with E-state index in [9.17, 15) is 14.7 Å². The second-order valence-electron chi connectivity index (χ2n) is 8.25. The van der Waals surface area contributed by atoms with Crippen molar-refractivity contribution in [2.45, 2.75) is 38.3 Å². The van der Waals surface area contributed by atoms with Crippen LogP contribution in [0.15, 0.2) is 35.2 Å². The topological polar surface area (TPSA) is 130 Å². The minimum absolute atomic E-state index is 0.212. The van der Waals surface area contributed by atoms with Crippen LogP contribution in [0.3, 0.4) is 0 Å². The molecule has 2 aromatic rings. The number of nitrogens with two attached hydrogens (primary N) is 1.